The number of hydrogen-bond acceptors (Lipinski definition) is 6. The Kier molecular flexibility index (Phi) is 7.34. The summed E-state index contributed by atoms with van der Waals surface area (Å²) in [6, 6.07) is 7.29. The van der Waals surface area contributed by atoms with Gasteiger partial charge in [0.25, 0.3) is 17.5 Å². The standard InChI is InChI=1S/C24H23BrFN5O5/c1-27-23(33)18-7-12(25)8-20(31(35)36)22(18)28-14-3-2-4-15(10-14)29-24(34)17-11-21(32)30-19-9-13(26)5-6-16(17)19/h5-9,11,14-15,28H,2-4,10H2,1H3,(H,27,33)(H,29,34)(H,30,32)/t14-,15+/m1/s1. The summed E-state index contributed by atoms with van der Waals surface area (Å²) >= 11 is 3.22. The first-order valence-electron chi connectivity index (χ1n) is 11.3. The van der Waals surface area contributed by atoms with E-state index in [1.807, 2.05) is 0 Å². The van der Waals surface area contributed by atoms with E-state index in [1.54, 1.807) is 0 Å². The molecule has 2 aromatic carbocycles. The smallest absolute Gasteiger partial charge is 0.294 e. The number of halogens is 2. The van der Waals surface area contributed by atoms with Crippen LogP contribution in [0.25, 0.3) is 10.9 Å². The van der Waals surface area contributed by atoms with E-state index in [0.717, 1.165) is 12.5 Å². The number of pyridine rings is 1. The second-order valence-corrected chi connectivity index (χ2v) is 9.51. The number of nitro benzene ring substituents is 1. The fourth-order valence-electron chi connectivity index (χ4n) is 4.54. The van der Waals surface area contributed by atoms with Gasteiger partial charge in [0, 0.05) is 41.1 Å². The summed E-state index contributed by atoms with van der Waals surface area (Å²) in [5.41, 5.74) is -0.162. The molecule has 1 aliphatic rings. The Balaban J connectivity index is 1.56. The molecule has 188 valence electrons. The van der Waals surface area contributed by atoms with Crippen LogP contribution in [0, 0.1) is 15.9 Å². The Morgan fingerprint density at radius 1 is 1.11 bits per heavy atom. The van der Waals surface area contributed by atoms with Gasteiger partial charge in [0.15, 0.2) is 0 Å². The van der Waals surface area contributed by atoms with Crippen LogP contribution in [0.2, 0.25) is 0 Å². The number of aromatic nitrogens is 1. The van der Waals surface area contributed by atoms with Gasteiger partial charge in [-0.15, -0.1) is 0 Å². The number of rotatable bonds is 6. The normalized spacial score (nSPS) is 17.4. The van der Waals surface area contributed by atoms with Crippen LogP contribution in [-0.4, -0.2) is 40.9 Å². The van der Waals surface area contributed by atoms with E-state index in [0.29, 0.717) is 29.1 Å². The molecule has 0 bridgehead atoms. The van der Waals surface area contributed by atoms with Crippen molar-refractivity contribution in [1.82, 2.24) is 15.6 Å². The molecule has 0 unspecified atom stereocenters. The Morgan fingerprint density at radius 2 is 1.86 bits per heavy atom. The molecule has 0 spiro atoms. The molecule has 1 heterocycles. The van der Waals surface area contributed by atoms with E-state index in [-0.39, 0.29) is 40.1 Å². The van der Waals surface area contributed by atoms with Crippen LogP contribution in [-0.2, 0) is 0 Å². The second kappa shape index (κ2) is 10.4. The van der Waals surface area contributed by atoms with E-state index >= 15 is 0 Å². The monoisotopic (exact) mass is 559 g/mol. The molecule has 12 heteroatoms. The van der Waals surface area contributed by atoms with Gasteiger partial charge in [-0.05, 0) is 49.9 Å². The van der Waals surface area contributed by atoms with Gasteiger partial charge in [0.05, 0.1) is 21.6 Å². The van der Waals surface area contributed by atoms with Gasteiger partial charge in [0.2, 0.25) is 5.56 Å². The highest BCUT2D eigenvalue weighted by atomic mass is 79.9. The van der Waals surface area contributed by atoms with E-state index < -0.39 is 28.1 Å². The molecule has 36 heavy (non-hydrogen) atoms. The van der Waals surface area contributed by atoms with Crippen molar-refractivity contribution >= 4 is 50.0 Å². The zero-order valence-corrected chi connectivity index (χ0v) is 20.8. The first-order valence-corrected chi connectivity index (χ1v) is 12.1. The van der Waals surface area contributed by atoms with Crippen molar-refractivity contribution in [3.05, 3.63) is 78.3 Å². The van der Waals surface area contributed by atoms with Crippen molar-refractivity contribution in [3.8, 4) is 0 Å². The van der Waals surface area contributed by atoms with Crippen molar-refractivity contribution in [2.24, 2.45) is 0 Å². The number of aromatic amines is 1. The van der Waals surface area contributed by atoms with Gasteiger partial charge in [0.1, 0.15) is 11.5 Å². The summed E-state index contributed by atoms with van der Waals surface area (Å²) < 4.78 is 14.0. The maximum Gasteiger partial charge on any atom is 0.294 e. The molecule has 1 saturated carbocycles. The maximum atomic E-state index is 13.6. The lowest BCUT2D eigenvalue weighted by Crippen LogP contribution is -2.42. The van der Waals surface area contributed by atoms with Gasteiger partial charge in [-0.2, -0.15) is 0 Å². The molecular weight excluding hydrogens is 537 g/mol. The predicted octanol–water partition coefficient (Wildman–Crippen LogP) is 3.85. The van der Waals surface area contributed by atoms with Crippen LogP contribution in [0.5, 0.6) is 0 Å². The highest BCUT2D eigenvalue weighted by Gasteiger charge is 2.29. The minimum atomic E-state index is -0.553. The molecule has 0 radical (unpaired) electrons. The van der Waals surface area contributed by atoms with Crippen molar-refractivity contribution in [3.63, 3.8) is 0 Å². The van der Waals surface area contributed by atoms with Crippen LogP contribution in [0.3, 0.4) is 0 Å². The molecule has 10 nitrogen and oxygen atoms in total. The number of benzene rings is 2. The molecule has 3 aromatic rings. The molecule has 0 saturated heterocycles. The average Bonchev–Trinajstić information content (AvgIpc) is 2.83. The number of nitro groups is 1. The summed E-state index contributed by atoms with van der Waals surface area (Å²) in [7, 11) is 1.44. The number of fused-ring (bicyclic) bond motifs is 1. The average molecular weight is 560 g/mol. The molecule has 2 amide bonds. The third-order valence-electron chi connectivity index (χ3n) is 6.16. The fourth-order valence-corrected chi connectivity index (χ4v) is 4.99. The molecule has 1 aliphatic carbocycles. The molecule has 0 aliphatic heterocycles. The summed E-state index contributed by atoms with van der Waals surface area (Å²) in [5, 5.41) is 20.7. The first kappa shape index (κ1) is 25.3. The molecule has 4 rings (SSSR count). The van der Waals surface area contributed by atoms with E-state index in [4.69, 9.17) is 0 Å². The Labute approximate surface area is 212 Å². The minimum absolute atomic E-state index is 0.113. The third kappa shape index (κ3) is 5.38. The van der Waals surface area contributed by atoms with Gasteiger partial charge >= 0.3 is 0 Å². The number of carbonyl (C=O) groups excluding carboxylic acids is 2. The fraction of sp³-hybridized carbons (Fsp3) is 0.292. The van der Waals surface area contributed by atoms with Crippen LogP contribution >= 0.6 is 15.9 Å². The number of nitrogens with one attached hydrogen (secondary N) is 4. The molecule has 2 atom stereocenters. The quantitative estimate of drug-likeness (QED) is 0.266. The highest BCUT2D eigenvalue weighted by molar-refractivity contribution is 9.10. The number of H-pyrrole nitrogens is 1. The van der Waals surface area contributed by atoms with E-state index in [1.165, 1.54) is 37.4 Å². The summed E-state index contributed by atoms with van der Waals surface area (Å²) in [6.45, 7) is 0. The number of anilines is 1. The summed E-state index contributed by atoms with van der Waals surface area (Å²) in [5.74, 6) is -1.47. The lowest BCUT2D eigenvalue weighted by molar-refractivity contribution is -0.384. The van der Waals surface area contributed by atoms with Crippen LogP contribution in [0.4, 0.5) is 15.8 Å². The lowest BCUT2D eigenvalue weighted by atomic mass is 9.90. The number of nitrogens with zero attached hydrogens (tertiary/aromatic N) is 1. The summed E-state index contributed by atoms with van der Waals surface area (Å²) in [6.07, 6.45) is 2.52. The second-order valence-electron chi connectivity index (χ2n) is 8.60. The van der Waals surface area contributed by atoms with Crippen molar-refractivity contribution < 1.29 is 18.9 Å². The van der Waals surface area contributed by atoms with Crippen molar-refractivity contribution in [2.45, 2.75) is 37.8 Å². The zero-order valence-electron chi connectivity index (χ0n) is 19.2. The minimum Gasteiger partial charge on any atom is -0.376 e. The van der Waals surface area contributed by atoms with Crippen LogP contribution in [0.1, 0.15) is 46.4 Å². The molecule has 1 fully saturated rings. The van der Waals surface area contributed by atoms with Gasteiger partial charge in [-0.3, -0.25) is 24.5 Å². The van der Waals surface area contributed by atoms with Gasteiger partial charge in [-0.25, -0.2) is 4.39 Å². The Bertz CT molecular complexity index is 1430. The molecule has 1 aromatic heterocycles. The Hall–Kier alpha value is -3.80. The van der Waals surface area contributed by atoms with Crippen molar-refractivity contribution in [2.75, 3.05) is 12.4 Å². The predicted molar refractivity (Wildman–Crippen MR) is 136 cm³/mol. The largest absolute Gasteiger partial charge is 0.376 e. The third-order valence-corrected chi connectivity index (χ3v) is 6.62. The van der Waals surface area contributed by atoms with Gasteiger partial charge in [-0.1, -0.05) is 15.9 Å². The Morgan fingerprint density at radius 3 is 2.58 bits per heavy atom. The maximum absolute atomic E-state index is 13.6. The number of carbonyl (C=O) groups is 2. The SMILES string of the molecule is CNC(=O)c1cc(Br)cc([N+](=O)[O-])c1N[C@@H]1CCC[C@H](NC(=O)c2cc(=O)[nH]c3cc(F)ccc23)C1. The lowest BCUT2D eigenvalue weighted by Gasteiger charge is -2.31. The zero-order chi connectivity index (χ0) is 26.0. The van der Waals surface area contributed by atoms with Crippen LogP contribution < -0.4 is 21.5 Å². The molecule has 4 N–H and O–H groups in total. The molecular formula is C24H23BrFN5O5. The number of hydrogen-bond donors (Lipinski definition) is 4. The topological polar surface area (TPSA) is 146 Å². The van der Waals surface area contributed by atoms with E-state index in [9.17, 15) is 28.9 Å². The van der Waals surface area contributed by atoms with Gasteiger partial charge < -0.3 is 20.9 Å². The first-order chi connectivity index (χ1) is 17.2. The van der Waals surface area contributed by atoms with Crippen LogP contribution in [0.15, 0.2) is 45.7 Å². The number of amides is 2. The highest BCUT2D eigenvalue weighted by Crippen LogP contribution is 2.35. The summed E-state index contributed by atoms with van der Waals surface area (Å²) in [4.78, 5) is 51.2. The van der Waals surface area contributed by atoms with Crippen molar-refractivity contribution in [1.29, 1.82) is 0 Å². The van der Waals surface area contributed by atoms with E-state index in [2.05, 4.69) is 36.9 Å².